The first-order valence-electron chi connectivity index (χ1n) is 9.92. The van der Waals surface area contributed by atoms with Gasteiger partial charge in [-0.3, -0.25) is 13.8 Å². The number of rotatable bonds is 3. The maximum Gasteiger partial charge on any atom is 3.00 e. The molecule has 0 bridgehead atoms. The number of fused-ring (bicyclic) bond motifs is 1. The molecule has 5 rings (SSSR count). The minimum atomic E-state index is -4.54. The number of nitrogens with zero attached hydrogens (tertiary/aromatic N) is 6. The Morgan fingerprint density at radius 1 is 1.09 bits per heavy atom. The van der Waals surface area contributed by atoms with Crippen molar-refractivity contribution in [2.45, 2.75) is 12.8 Å². The summed E-state index contributed by atoms with van der Waals surface area (Å²) in [5, 5.41) is 3.27. The van der Waals surface area contributed by atoms with Gasteiger partial charge in [-0.2, -0.15) is 17.4 Å². The van der Waals surface area contributed by atoms with E-state index in [1.54, 1.807) is 12.1 Å². The average molecular weight is 665 g/mol. The third-order valence-corrected chi connectivity index (χ3v) is 4.80. The summed E-state index contributed by atoms with van der Waals surface area (Å²) in [7, 11) is 1.93. The van der Waals surface area contributed by atoms with Crippen molar-refractivity contribution in [1.29, 1.82) is 0 Å². The van der Waals surface area contributed by atoms with Gasteiger partial charge in [-0.1, -0.05) is 18.2 Å². The van der Waals surface area contributed by atoms with E-state index in [4.69, 9.17) is 0 Å². The number of benzene rings is 2. The van der Waals surface area contributed by atoms with Gasteiger partial charge in [0.05, 0.1) is 0 Å². The molecule has 0 fully saturated rings. The molecule has 0 unspecified atom stereocenters. The van der Waals surface area contributed by atoms with Gasteiger partial charge in [-0.05, 0) is 37.9 Å². The van der Waals surface area contributed by atoms with Gasteiger partial charge in [0.1, 0.15) is 12.0 Å². The molecule has 0 atom stereocenters. The van der Waals surface area contributed by atoms with Crippen LogP contribution in [0.3, 0.4) is 0 Å². The summed E-state index contributed by atoms with van der Waals surface area (Å²) >= 11 is 0. The number of para-hydroxylation sites is 2. The fourth-order valence-corrected chi connectivity index (χ4v) is 3.23. The summed E-state index contributed by atoms with van der Waals surface area (Å²) < 4.78 is 62.8. The molecule has 6 nitrogen and oxygen atoms in total. The van der Waals surface area contributed by atoms with E-state index >= 15 is 0 Å². The van der Waals surface area contributed by atoms with E-state index in [1.807, 2.05) is 47.8 Å². The van der Waals surface area contributed by atoms with E-state index in [1.165, 1.54) is 12.3 Å². The molecule has 182 valence electrons. The maximum atomic E-state index is 13.7. The molecule has 0 saturated heterocycles. The smallest absolute Gasteiger partial charge is 0.504 e. The second kappa shape index (κ2) is 10.9. The van der Waals surface area contributed by atoms with Crippen LogP contribution in [0.5, 0.6) is 0 Å². The van der Waals surface area contributed by atoms with Gasteiger partial charge in [0.15, 0.2) is 5.82 Å². The number of hydrogen-bond donors (Lipinski definition) is 0. The molecule has 1 aliphatic heterocycles. The molecule has 35 heavy (non-hydrogen) atoms. The molecule has 4 aromatic rings. The Hall–Kier alpha value is -3.37. The summed E-state index contributed by atoms with van der Waals surface area (Å²) in [6, 6.07) is 17.4. The molecule has 0 saturated carbocycles. The van der Waals surface area contributed by atoms with Crippen LogP contribution in [0, 0.1) is 24.4 Å². The van der Waals surface area contributed by atoms with Crippen LogP contribution in [-0.4, -0.2) is 17.1 Å². The van der Waals surface area contributed by atoms with Crippen LogP contribution in [0.25, 0.3) is 11.5 Å². The van der Waals surface area contributed by atoms with Crippen molar-refractivity contribution in [2.75, 3.05) is 16.8 Å². The van der Waals surface area contributed by atoms with Gasteiger partial charge >= 0.3 is 26.4 Å². The molecular weight excluding hydrogens is 648 g/mol. The number of pyridine rings is 1. The third-order valence-electron chi connectivity index (χ3n) is 4.80. The Kier molecular flexibility index (Phi) is 8.18. The van der Waals surface area contributed by atoms with Crippen LogP contribution in [0.2, 0.25) is 0 Å². The zero-order valence-corrected chi connectivity index (χ0v) is 20.4. The van der Waals surface area contributed by atoms with Crippen molar-refractivity contribution < 1.29 is 46.7 Å². The summed E-state index contributed by atoms with van der Waals surface area (Å²) in [6.07, 6.45) is -2.46. The van der Waals surface area contributed by atoms with E-state index in [0.717, 1.165) is 23.5 Å². The number of hydrogen-bond acceptors (Lipinski definition) is 4. The van der Waals surface area contributed by atoms with Gasteiger partial charge < -0.3 is 9.80 Å². The van der Waals surface area contributed by atoms with Crippen LogP contribution in [0.15, 0.2) is 67.1 Å². The van der Waals surface area contributed by atoms with Crippen molar-refractivity contribution in [1.82, 2.24) is 15.1 Å². The normalized spacial score (nSPS) is 12.5. The predicted octanol–water partition coefficient (Wildman–Crippen LogP) is 4.20. The number of halogens is 5. The van der Waals surface area contributed by atoms with Gasteiger partial charge in [-0.15, -0.1) is 36.0 Å². The second-order valence-electron chi connectivity index (χ2n) is 7.18. The minimum Gasteiger partial charge on any atom is -0.504 e. The van der Waals surface area contributed by atoms with E-state index in [9.17, 15) is 22.0 Å². The first-order chi connectivity index (χ1) is 16.2. The van der Waals surface area contributed by atoms with Crippen LogP contribution in [0.4, 0.5) is 33.3 Å². The fourth-order valence-electron chi connectivity index (χ4n) is 3.23. The van der Waals surface area contributed by atoms with Crippen LogP contribution in [-0.2, 0) is 33.0 Å². The summed E-state index contributed by atoms with van der Waals surface area (Å²) in [5.74, 6) is -1.22. The quantitative estimate of drug-likeness (QED) is 0.187. The monoisotopic (exact) mass is 665 g/mol. The van der Waals surface area contributed by atoms with Gasteiger partial charge in [0, 0.05) is 29.2 Å². The molecule has 0 aliphatic carbocycles. The largest absolute Gasteiger partial charge is 3.00 e. The van der Waals surface area contributed by atoms with Crippen LogP contribution in [0.1, 0.15) is 5.56 Å². The Balaban J connectivity index is 0.000000195. The number of anilines is 2. The maximum absolute atomic E-state index is 13.7. The van der Waals surface area contributed by atoms with Crippen molar-refractivity contribution in [2.24, 2.45) is 0 Å². The summed E-state index contributed by atoms with van der Waals surface area (Å²) in [5.41, 5.74) is 2.72. The fraction of sp³-hybridized carbons (Fsp3) is 0.130. The minimum absolute atomic E-state index is 0. The third kappa shape index (κ3) is 6.20. The van der Waals surface area contributed by atoms with Crippen LogP contribution < -0.4 is 19.5 Å². The van der Waals surface area contributed by atoms with E-state index in [2.05, 4.69) is 21.1 Å². The summed E-state index contributed by atoms with van der Waals surface area (Å²) in [4.78, 5) is 11.2. The zero-order valence-electron chi connectivity index (χ0n) is 18.0. The van der Waals surface area contributed by atoms with Crippen molar-refractivity contribution in [3.05, 3.63) is 97.1 Å². The van der Waals surface area contributed by atoms with Crippen molar-refractivity contribution in [3.8, 4) is 11.5 Å². The molecule has 12 heteroatoms. The number of alkyl halides is 3. The standard InChI is InChI=1S/C15H12F2N2.C8H5F3N4.Ir/c1-18-10-19(15-5-3-2-4-14(15)18)9-11-6-7-12(16)8-13(11)17;9-8(10,11)15-5-13-7(14-15)6-3-1-2-4-12-6;/h2-5,7-8,10H,9H2,1H3;1-5H;/q-2;;+3. The van der Waals surface area contributed by atoms with Crippen molar-refractivity contribution >= 4 is 11.4 Å². The molecule has 2 aromatic heterocycles. The first-order valence-corrected chi connectivity index (χ1v) is 9.92. The van der Waals surface area contributed by atoms with Gasteiger partial charge in [0.2, 0.25) is 0 Å². The SMILES string of the molecule is CN1[CH-]N(Cc2[c-]cc(F)cc2F)c2ccccc21.FC(F)(F)[n+]1c[n-]c(-c2ccccn2)n1.[Ir+3]. The topological polar surface area (TPSA) is 50.2 Å². The van der Waals surface area contributed by atoms with Crippen molar-refractivity contribution in [3.63, 3.8) is 0 Å². The van der Waals surface area contributed by atoms with E-state index in [-0.39, 0.29) is 30.6 Å². The van der Waals surface area contributed by atoms with Crippen LogP contribution >= 0.6 is 0 Å². The molecule has 3 heterocycles. The average Bonchev–Trinajstić information content (AvgIpc) is 3.43. The Morgan fingerprint density at radius 3 is 2.43 bits per heavy atom. The van der Waals surface area contributed by atoms with E-state index in [0.29, 0.717) is 24.1 Å². The Bertz CT molecular complexity index is 1260. The molecule has 0 amide bonds. The number of aromatic nitrogens is 4. The molecule has 0 N–H and O–H groups in total. The van der Waals surface area contributed by atoms with Gasteiger partial charge in [0.25, 0.3) is 0 Å². The first kappa shape index (κ1) is 26.2. The molecular formula is C23H17F5IrN6+. The second-order valence-corrected chi connectivity index (χ2v) is 7.18. The van der Waals surface area contributed by atoms with Gasteiger partial charge in [-0.25, -0.2) is 4.98 Å². The molecule has 1 aliphatic rings. The Morgan fingerprint density at radius 2 is 1.80 bits per heavy atom. The predicted molar refractivity (Wildman–Crippen MR) is 113 cm³/mol. The summed E-state index contributed by atoms with van der Waals surface area (Å²) in [6.45, 7) is 2.22. The molecule has 0 radical (unpaired) electrons. The molecule has 2 aromatic carbocycles. The molecule has 0 spiro atoms. The Labute approximate surface area is 211 Å². The van der Waals surface area contributed by atoms with E-state index < -0.39 is 17.9 Å². The zero-order chi connectivity index (χ0) is 24.3.